The molecule has 3 unspecified atom stereocenters. The number of fused-ring (bicyclic) bond motifs is 2. The molecule has 5 aliphatic rings. The average Bonchev–Trinajstić information content (AvgIpc) is 3.79. The van der Waals surface area contributed by atoms with Gasteiger partial charge in [-0.1, -0.05) is 41.0 Å². The Morgan fingerprint density at radius 3 is 2.32 bits per heavy atom. The number of amides is 3. The zero-order valence-electron chi connectivity index (χ0n) is 38.8. The van der Waals surface area contributed by atoms with Gasteiger partial charge in [-0.05, 0) is 79.1 Å². The van der Waals surface area contributed by atoms with E-state index in [1.807, 2.05) is 60.4 Å². The van der Waals surface area contributed by atoms with Crippen LogP contribution >= 0.6 is 0 Å². The molecule has 0 bridgehead atoms. The molecular weight excluding hydrogens is 775 g/mol. The summed E-state index contributed by atoms with van der Waals surface area (Å²) in [6, 6.07) is -1.18. The van der Waals surface area contributed by atoms with Crippen LogP contribution in [0.1, 0.15) is 115 Å². The molecule has 0 radical (unpaired) electrons. The van der Waals surface area contributed by atoms with E-state index in [1.165, 1.54) is 7.11 Å². The molecule has 5 aliphatic heterocycles. The van der Waals surface area contributed by atoms with Crippen molar-refractivity contribution in [1.29, 1.82) is 0 Å². The van der Waals surface area contributed by atoms with Crippen LogP contribution < -0.4 is 5.32 Å². The van der Waals surface area contributed by atoms with Gasteiger partial charge >= 0.3 is 0 Å². The summed E-state index contributed by atoms with van der Waals surface area (Å²) in [6.07, 6.45) is -3.39. The summed E-state index contributed by atoms with van der Waals surface area (Å²) < 4.78 is 39.1. The van der Waals surface area contributed by atoms with Gasteiger partial charge in [0.1, 0.15) is 18.2 Å². The first kappa shape index (κ1) is 48.4. The van der Waals surface area contributed by atoms with Crippen molar-refractivity contribution in [3.63, 3.8) is 0 Å². The van der Waals surface area contributed by atoms with Crippen LogP contribution in [0.4, 0.5) is 0 Å². The van der Waals surface area contributed by atoms with Crippen LogP contribution in [0.15, 0.2) is 4.99 Å². The fourth-order valence-corrected chi connectivity index (χ4v) is 10.2. The van der Waals surface area contributed by atoms with Crippen LogP contribution in [0, 0.1) is 23.7 Å². The highest BCUT2D eigenvalue weighted by atomic mass is 16.7. The van der Waals surface area contributed by atoms with Gasteiger partial charge in [0.05, 0.1) is 47.6 Å². The van der Waals surface area contributed by atoms with Crippen molar-refractivity contribution >= 4 is 23.7 Å². The fourth-order valence-electron chi connectivity index (χ4n) is 10.2. The van der Waals surface area contributed by atoms with Gasteiger partial charge in [-0.15, -0.1) is 0 Å². The lowest BCUT2D eigenvalue weighted by atomic mass is 9.77. The van der Waals surface area contributed by atoms with Crippen LogP contribution in [-0.2, 0) is 42.8 Å². The number of likely N-dealkylation sites (N-methyl/N-ethyl adjacent to an activating group) is 2. The van der Waals surface area contributed by atoms with E-state index in [2.05, 4.69) is 5.32 Å². The number of aliphatic imine (C=N–C) groups is 1. The standard InChI is InChI=1S/C44H77N5O11/c1-15-25(5)33-40(53)49-18-16-17-30(49)39(52)47(12)22-24(4)20-43(10,54)37(60-41-35-31(19-26(6)56-41)48(13)42(59-35)45-23(2)3)27(7)34(28(8)38(51)46-33)58-32-21-44(11,55-14)36(50)29(9)57-32/h23-37,41,50,54H,15-22H2,1-14H3,(H,46,51)/b45-42+/t24-,25+,26-,27+,28?,29+,30+,31?,32+,33-,34?,35-,36+,37-,41+,43-,44-/m1/s1. The monoisotopic (exact) mass is 852 g/mol. The molecule has 3 amide bonds. The van der Waals surface area contributed by atoms with Crippen molar-refractivity contribution in [2.75, 3.05) is 34.3 Å². The van der Waals surface area contributed by atoms with E-state index >= 15 is 0 Å². The van der Waals surface area contributed by atoms with Crippen molar-refractivity contribution in [2.24, 2.45) is 28.7 Å². The maximum absolute atomic E-state index is 14.7. The minimum atomic E-state index is -1.57. The number of carbonyl (C=O) groups is 3. The number of rotatable bonds is 8. The molecule has 344 valence electrons. The Kier molecular flexibility index (Phi) is 15.7. The third-order valence-corrected chi connectivity index (χ3v) is 13.9. The van der Waals surface area contributed by atoms with Crippen molar-refractivity contribution in [3.8, 4) is 0 Å². The SMILES string of the molecule is CC[C@H](C)[C@H]1NC(=O)C(C)C(O[C@H]2C[C@@](C)(OC)[C@@H](O)[C@H](C)O2)[C@H](C)[C@@H](O[C@@H]2O[C@H](C)CC3[C@H]2O/C(=N/C(C)C)N3C)[C@](C)(O)C[C@@H](C)CN(C)C(=O)[C@@H]2CCCN2C1=O. The van der Waals surface area contributed by atoms with E-state index in [0.29, 0.717) is 44.8 Å². The molecule has 0 spiro atoms. The molecule has 5 heterocycles. The summed E-state index contributed by atoms with van der Waals surface area (Å²) in [6.45, 7) is 21.5. The van der Waals surface area contributed by atoms with Gasteiger partial charge in [-0.2, -0.15) is 0 Å². The van der Waals surface area contributed by atoms with Gasteiger partial charge in [-0.3, -0.25) is 14.4 Å². The molecule has 0 saturated carbocycles. The number of aliphatic hydroxyl groups is 2. The molecule has 0 aliphatic carbocycles. The highest BCUT2D eigenvalue weighted by Gasteiger charge is 2.54. The van der Waals surface area contributed by atoms with Crippen molar-refractivity contribution < 1.29 is 53.0 Å². The van der Waals surface area contributed by atoms with Crippen molar-refractivity contribution in [2.45, 2.75) is 199 Å². The van der Waals surface area contributed by atoms with Gasteiger partial charge in [0.15, 0.2) is 18.7 Å². The second kappa shape index (κ2) is 19.4. The second-order valence-corrected chi connectivity index (χ2v) is 19.5. The topological polar surface area (TPSA) is 181 Å². The Labute approximate surface area is 358 Å². The third kappa shape index (κ3) is 10.3. The third-order valence-electron chi connectivity index (χ3n) is 13.9. The van der Waals surface area contributed by atoms with Crippen molar-refractivity contribution in [3.05, 3.63) is 0 Å². The number of hydrogen-bond donors (Lipinski definition) is 3. The highest BCUT2D eigenvalue weighted by molar-refractivity contribution is 5.93. The molecule has 16 nitrogen and oxygen atoms in total. The smallest absolute Gasteiger partial charge is 0.288 e. The van der Waals surface area contributed by atoms with E-state index in [0.717, 1.165) is 0 Å². The maximum atomic E-state index is 14.7. The largest absolute Gasteiger partial charge is 0.454 e. The molecule has 5 saturated heterocycles. The van der Waals surface area contributed by atoms with Crippen LogP contribution in [0.5, 0.6) is 0 Å². The van der Waals surface area contributed by atoms with Crippen LogP contribution in [-0.4, -0.2) is 168 Å². The quantitative estimate of drug-likeness (QED) is 0.325. The Bertz CT molecular complexity index is 1530. The lowest BCUT2D eigenvalue weighted by Crippen LogP contribution is -2.61. The van der Waals surface area contributed by atoms with Crippen LogP contribution in [0.25, 0.3) is 0 Å². The first-order chi connectivity index (χ1) is 28.0. The lowest BCUT2D eigenvalue weighted by Gasteiger charge is -2.48. The molecule has 0 aromatic carbocycles. The molecule has 17 atom stereocenters. The Balaban J connectivity index is 1.61. The minimum absolute atomic E-state index is 0.0102. The summed E-state index contributed by atoms with van der Waals surface area (Å²) in [5.74, 6) is -2.97. The van der Waals surface area contributed by atoms with Gasteiger partial charge in [0.25, 0.3) is 6.02 Å². The number of hydrogen-bond acceptors (Lipinski definition) is 12. The molecule has 0 aromatic heterocycles. The predicted molar refractivity (Wildman–Crippen MR) is 225 cm³/mol. The molecular formula is C44H77N5O11. The molecule has 60 heavy (non-hydrogen) atoms. The summed E-state index contributed by atoms with van der Waals surface area (Å²) in [7, 11) is 5.23. The van der Waals surface area contributed by atoms with E-state index in [9.17, 15) is 24.6 Å². The number of ether oxygens (including phenoxy) is 6. The van der Waals surface area contributed by atoms with Crippen LogP contribution in [0.2, 0.25) is 0 Å². The number of nitrogens with one attached hydrogen (secondary N) is 1. The second-order valence-electron chi connectivity index (χ2n) is 19.5. The van der Waals surface area contributed by atoms with E-state index in [4.69, 9.17) is 33.4 Å². The predicted octanol–water partition coefficient (Wildman–Crippen LogP) is 3.30. The minimum Gasteiger partial charge on any atom is -0.454 e. The molecule has 5 rings (SSSR count). The lowest BCUT2D eigenvalue weighted by molar-refractivity contribution is -0.313. The highest BCUT2D eigenvalue weighted by Crippen LogP contribution is 2.41. The maximum Gasteiger partial charge on any atom is 0.288 e. The van der Waals surface area contributed by atoms with E-state index in [-0.39, 0.29) is 54.7 Å². The van der Waals surface area contributed by atoms with Crippen molar-refractivity contribution in [1.82, 2.24) is 20.0 Å². The number of nitrogens with zero attached hydrogens (tertiary/aromatic N) is 4. The number of carbonyl (C=O) groups excluding carboxylic acids is 3. The van der Waals surface area contributed by atoms with Gasteiger partial charge < -0.3 is 58.7 Å². The number of amidine groups is 1. The summed E-state index contributed by atoms with van der Waals surface area (Å²) in [5.41, 5.74) is -2.58. The molecule has 5 fully saturated rings. The fraction of sp³-hybridized carbons (Fsp3) is 0.909. The molecule has 16 heteroatoms. The van der Waals surface area contributed by atoms with Gasteiger partial charge in [0, 0.05) is 52.7 Å². The molecule has 0 aromatic rings. The van der Waals surface area contributed by atoms with Crippen LogP contribution in [0.3, 0.4) is 0 Å². The summed E-state index contributed by atoms with van der Waals surface area (Å²) >= 11 is 0. The average molecular weight is 852 g/mol. The molecule has 3 N–H and O–H groups in total. The number of methoxy groups -OCH3 is 1. The normalized spacial score (nSPS) is 43.9. The first-order valence-corrected chi connectivity index (χ1v) is 22.4. The first-order valence-electron chi connectivity index (χ1n) is 22.4. The van der Waals surface area contributed by atoms with Gasteiger partial charge in [0.2, 0.25) is 17.7 Å². The van der Waals surface area contributed by atoms with E-state index < -0.39 is 84.1 Å². The summed E-state index contributed by atoms with van der Waals surface area (Å²) in [5, 5.41) is 27.0. The zero-order valence-corrected chi connectivity index (χ0v) is 38.8. The zero-order chi connectivity index (χ0) is 44.6. The Morgan fingerprint density at radius 1 is 1.00 bits per heavy atom. The van der Waals surface area contributed by atoms with Gasteiger partial charge in [-0.25, -0.2) is 4.99 Å². The van der Waals surface area contributed by atoms with E-state index in [1.54, 1.807) is 44.5 Å². The number of aliphatic hydroxyl groups excluding tert-OH is 1. The Hall–Kier alpha value is -2.60. The summed E-state index contributed by atoms with van der Waals surface area (Å²) in [4.78, 5) is 53.3. The Morgan fingerprint density at radius 2 is 1.68 bits per heavy atom.